The molecule has 0 aromatic carbocycles. The van der Waals surface area contributed by atoms with E-state index in [1.807, 2.05) is 6.92 Å². The van der Waals surface area contributed by atoms with Crippen molar-refractivity contribution in [2.45, 2.75) is 39.2 Å². The highest BCUT2D eigenvalue weighted by atomic mass is 16.5. The number of unbranched alkanes of at least 4 members (excludes halogenated alkanes) is 2. The van der Waals surface area contributed by atoms with Gasteiger partial charge in [-0.05, 0) is 19.9 Å². The summed E-state index contributed by atoms with van der Waals surface area (Å²) in [4.78, 5) is 10.9. The Kier molecular flexibility index (Phi) is 6.76. The molecule has 0 saturated carbocycles. The highest BCUT2D eigenvalue weighted by molar-refractivity contribution is 5.74. The van der Waals surface area contributed by atoms with Gasteiger partial charge in [-0.2, -0.15) is 0 Å². The van der Waals surface area contributed by atoms with Crippen LogP contribution in [0.5, 0.6) is 0 Å². The lowest BCUT2D eigenvalue weighted by atomic mass is 10.2. The van der Waals surface area contributed by atoms with Crippen LogP contribution in [0.2, 0.25) is 0 Å². The molecule has 3 heteroatoms. The number of carbonyl (C=O) groups is 1. The molecule has 12 heavy (non-hydrogen) atoms. The molecule has 0 radical (unpaired) electrons. The van der Waals surface area contributed by atoms with Crippen molar-refractivity contribution in [3.63, 3.8) is 0 Å². The van der Waals surface area contributed by atoms with E-state index < -0.39 is 0 Å². The molecule has 0 aromatic heterocycles. The fraction of sp³-hybridized carbons (Fsp3) is 0.889. The van der Waals surface area contributed by atoms with Gasteiger partial charge >= 0.3 is 5.97 Å². The number of nitrogens with one attached hydrogen (secondary N) is 1. The maximum Gasteiger partial charge on any atom is 0.322 e. The van der Waals surface area contributed by atoms with Gasteiger partial charge in [-0.3, -0.25) is 4.79 Å². The van der Waals surface area contributed by atoms with Gasteiger partial charge in [-0.25, -0.2) is 0 Å². The van der Waals surface area contributed by atoms with E-state index in [1.54, 1.807) is 0 Å². The van der Waals surface area contributed by atoms with Crippen molar-refractivity contribution in [2.24, 2.45) is 0 Å². The summed E-state index contributed by atoms with van der Waals surface area (Å²) in [6.45, 7) is 4.87. The Bertz CT molecular complexity index is 126. The lowest BCUT2D eigenvalue weighted by molar-refractivity contribution is -0.142. The van der Waals surface area contributed by atoms with Crippen LogP contribution in [-0.4, -0.2) is 25.7 Å². The molecule has 0 rings (SSSR count). The minimum absolute atomic E-state index is 0.174. The van der Waals surface area contributed by atoms with E-state index >= 15 is 0 Å². The number of carbonyl (C=O) groups excluding carboxylic acids is 1. The lowest BCUT2D eigenvalue weighted by Crippen LogP contribution is -2.35. The highest BCUT2D eigenvalue weighted by Crippen LogP contribution is 1.93. The van der Waals surface area contributed by atoms with Gasteiger partial charge in [0.25, 0.3) is 0 Å². The van der Waals surface area contributed by atoms with Crippen molar-refractivity contribution >= 4 is 5.97 Å². The molecular formula is C9H19NO2. The maximum absolute atomic E-state index is 10.9. The zero-order valence-corrected chi connectivity index (χ0v) is 8.22. The molecule has 0 fully saturated rings. The third-order valence-electron chi connectivity index (χ3n) is 1.79. The molecule has 0 aliphatic rings. The molecule has 0 spiro atoms. The molecule has 0 bridgehead atoms. The summed E-state index contributed by atoms with van der Waals surface area (Å²) >= 11 is 0. The van der Waals surface area contributed by atoms with Gasteiger partial charge in [0, 0.05) is 0 Å². The average molecular weight is 173 g/mol. The first-order valence-electron chi connectivity index (χ1n) is 4.53. The topological polar surface area (TPSA) is 38.3 Å². The van der Waals surface area contributed by atoms with Crippen molar-refractivity contribution in [3.05, 3.63) is 0 Å². The van der Waals surface area contributed by atoms with Gasteiger partial charge < -0.3 is 10.1 Å². The standard InChI is InChI=1S/C9H19NO2/c1-4-5-6-7-10-8(2)9(11)12-3/h8,10H,4-7H2,1-3H3. The van der Waals surface area contributed by atoms with Gasteiger partial charge in [-0.1, -0.05) is 19.8 Å². The summed E-state index contributed by atoms with van der Waals surface area (Å²) in [5.41, 5.74) is 0. The summed E-state index contributed by atoms with van der Waals surface area (Å²) in [5, 5.41) is 3.09. The van der Waals surface area contributed by atoms with Crippen molar-refractivity contribution in [2.75, 3.05) is 13.7 Å². The largest absolute Gasteiger partial charge is 0.468 e. The monoisotopic (exact) mass is 173 g/mol. The molecule has 1 atom stereocenters. The molecular weight excluding hydrogens is 154 g/mol. The summed E-state index contributed by atoms with van der Waals surface area (Å²) < 4.78 is 4.57. The predicted octanol–water partition coefficient (Wildman–Crippen LogP) is 1.33. The second kappa shape index (κ2) is 7.10. The summed E-state index contributed by atoms with van der Waals surface area (Å²) in [6, 6.07) is -0.174. The van der Waals surface area contributed by atoms with Crippen molar-refractivity contribution in [1.29, 1.82) is 0 Å². The zero-order chi connectivity index (χ0) is 9.40. The van der Waals surface area contributed by atoms with Crippen LogP contribution in [-0.2, 0) is 9.53 Å². The zero-order valence-electron chi connectivity index (χ0n) is 8.22. The van der Waals surface area contributed by atoms with Crippen LogP contribution >= 0.6 is 0 Å². The Morgan fingerprint density at radius 1 is 1.50 bits per heavy atom. The minimum atomic E-state index is -0.188. The van der Waals surface area contributed by atoms with Crippen molar-refractivity contribution in [1.82, 2.24) is 5.32 Å². The fourth-order valence-electron chi connectivity index (χ4n) is 0.954. The molecule has 0 heterocycles. The smallest absolute Gasteiger partial charge is 0.322 e. The second-order valence-corrected chi connectivity index (χ2v) is 2.91. The van der Waals surface area contributed by atoms with E-state index in [0.717, 1.165) is 13.0 Å². The lowest BCUT2D eigenvalue weighted by Gasteiger charge is -2.10. The Balaban J connectivity index is 3.31. The van der Waals surface area contributed by atoms with Crippen LogP contribution < -0.4 is 5.32 Å². The maximum atomic E-state index is 10.9. The highest BCUT2D eigenvalue weighted by Gasteiger charge is 2.10. The van der Waals surface area contributed by atoms with E-state index in [0.29, 0.717) is 0 Å². The molecule has 0 amide bonds. The molecule has 1 N–H and O–H groups in total. The summed E-state index contributed by atoms with van der Waals surface area (Å²) in [6.07, 6.45) is 3.53. The third-order valence-corrected chi connectivity index (χ3v) is 1.79. The first-order valence-corrected chi connectivity index (χ1v) is 4.53. The van der Waals surface area contributed by atoms with E-state index in [2.05, 4.69) is 17.0 Å². The first kappa shape index (κ1) is 11.4. The van der Waals surface area contributed by atoms with Crippen molar-refractivity contribution < 1.29 is 9.53 Å². The molecule has 0 saturated heterocycles. The van der Waals surface area contributed by atoms with Crippen LogP contribution in [0.3, 0.4) is 0 Å². The van der Waals surface area contributed by atoms with Crippen LogP contribution in [0.15, 0.2) is 0 Å². The molecule has 3 nitrogen and oxygen atoms in total. The number of rotatable bonds is 6. The van der Waals surface area contributed by atoms with Crippen molar-refractivity contribution in [3.8, 4) is 0 Å². The number of methoxy groups -OCH3 is 1. The molecule has 0 aliphatic heterocycles. The minimum Gasteiger partial charge on any atom is -0.468 e. The van der Waals surface area contributed by atoms with Crippen LogP contribution in [0.25, 0.3) is 0 Å². The molecule has 0 aromatic rings. The van der Waals surface area contributed by atoms with Gasteiger partial charge in [0.1, 0.15) is 6.04 Å². The van der Waals surface area contributed by atoms with E-state index in [-0.39, 0.29) is 12.0 Å². The van der Waals surface area contributed by atoms with Gasteiger partial charge in [0.15, 0.2) is 0 Å². The Labute approximate surface area is 74.5 Å². The van der Waals surface area contributed by atoms with Gasteiger partial charge in [0.05, 0.1) is 7.11 Å². The number of ether oxygens (including phenoxy) is 1. The van der Waals surface area contributed by atoms with Gasteiger partial charge in [0.2, 0.25) is 0 Å². The third kappa shape index (κ3) is 5.13. The fourth-order valence-corrected chi connectivity index (χ4v) is 0.954. The SMILES string of the molecule is CCCCCNC(C)C(=O)OC. The summed E-state index contributed by atoms with van der Waals surface area (Å²) in [7, 11) is 1.41. The molecule has 0 aliphatic carbocycles. The first-order chi connectivity index (χ1) is 5.72. The van der Waals surface area contributed by atoms with E-state index in [9.17, 15) is 4.79 Å². The van der Waals surface area contributed by atoms with Crippen LogP contribution in [0, 0.1) is 0 Å². The summed E-state index contributed by atoms with van der Waals surface area (Å²) in [5.74, 6) is -0.188. The molecule has 72 valence electrons. The molecule has 1 unspecified atom stereocenters. The number of esters is 1. The predicted molar refractivity (Wildman–Crippen MR) is 49.0 cm³/mol. The van der Waals surface area contributed by atoms with E-state index in [1.165, 1.54) is 20.0 Å². The second-order valence-electron chi connectivity index (χ2n) is 2.91. The van der Waals surface area contributed by atoms with Crippen LogP contribution in [0.1, 0.15) is 33.1 Å². The Hall–Kier alpha value is -0.570. The number of hydrogen-bond acceptors (Lipinski definition) is 3. The van der Waals surface area contributed by atoms with E-state index in [4.69, 9.17) is 0 Å². The van der Waals surface area contributed by atoms with Crippen LogP contribution in [0.4, 0.5) is 0 Å². The average Bonchev–Trinajstić information content (AvgIpc) is 2.10. The Morgan fingerprint density at radius 3 is 2.67 bits per heavy atom. The van der Waals surface area contributed by atoms with Gasteiger partial charge in [-0.15, -0.1) is 0 Å². The quantitative estimate of drug-likeness (QED) is 0.486. The Morgan fingerprint density at radius 2 is 2.17 bits per heavy atom. The number of hydrogen-bond donors (Lipinski definition) is 1. The normalized spacial score (nSPS) is 12.6.